The molecule has 0 atom stereocenters. The first-order chi connectivity index (χ1) is 9.08. The van der Waals surface area contributed by atoms with E-state index in [-0.39, 0.29) is 5.02 Å². The minimum atomic E-state index is -0.470. The van der Waals surface area contributed by atoms with Gasteiger partial charge in [-0.1, -0.05) is 29.9 Å². The second-order valence-electron chi connectivity index (χ2n) is 3.56. The summed E-state index contributed by atoms with van der Waals surface area (Å²) in [5.41, 5.74) is 0.601. The van der Waals surface area contributed by atoms with E-state index in [0.29, 0.717) is 15.9 Å². The summed E-state index contributed by atoms with van der Waals surface area (Å²) < 4.78 is 13.0. The van der Waals surface area contributed by atoms with E-state index in [1.165, 1.54) is 23.5 Å². The van der Waals surface area contributed by atoms with E-state index in [0.717, 1.165) is 11.4 Å². The molecule has 2 aromatic rings. The van der Waals surface area contributed by atoms with Crippen LogP contribution in [0, 0.1) is 5.82 Å². The fourth-order valence-corrected chi connectivity index (χ4v) is 2.42. The van der Waals surface area contributed by atoms with Crippen LogP contribution < -0.4 is 10.6 Å². The summed E-state index contributed by atoms with van der Waals surface area (Å²) in [5.74, 6) is -0.470. The molecule has 2 N–H and O–H groups in total. The number of benzene rings is 1. The number of halogens is 2. The van der Waals surface area contributed by atoms with Gasteiger partial charge in [-0.05, 0) is 36.8 Å². The van der Waals surface area contributed by atoms with E-state index >= 15 is 0 Å². The van der Waals surface area contributed by atoms with Gasteiger partial charge in [-0.3, -0.25) is 0 Å². The monoisotopic (exact) mass is 316 g/mol. The smallest absolute Gasteiger partial charge is 0.211 e. The highest BCUT2D eigenvalue weighted by atomic mass is 35.5. The van der Waals surface area contributed by atoms with E-state index < -0.39 is 5.82 Å². The Hall–Kier alpha value is -1.31. The van der Waals surface area contributed by atoms with Gasteiger partial charge in [-0.15, -0.1) is 10.2 Å². The van der Waals surface area contributed by atoms with Crippen molar-refractivity contribution in [3.8, 4) is 0 Å². The van der Waals surface area contributed by atoms with Gasteiger partial charge in [0.05, 0.1) is 5.02 Å². The van der Waals surface area contributed by atoms with Crippen molar-refractivity contribution in [2.24, 2.45) is 0 Å². The summed E-state index contributed by atoms with van der Waals surface area (Å²) in [6.45, 7) is 2.00. The number of nitrogens with one attached hydrogen (secondary N) is 2. The molecule has 8 heteroatoms. The zero-order valence-corrected chi connectivity index (χ0v) is 12.3. The summed E-state index contributed by atoms with van der Waals surface area (Å²) in [5, 5.41) is 15.6. The Bertz CT molecular complexity index is 602. The molecule has 0 aliphatic carbocycles. The molecule has 1 aromatic heterocycles. The van der Waals surface area contributed by atoms with Crippen molar-refractivity contribution in [2.45, 2.75) is 13.3 Å². The molecule has 0 saturated heterocycles. The molecule has 0 spiro atoms. The maximum Gasteiger partial charge on any atom is 0.211 e. The zero-order valence-electron chi connectivity index (χ0n) is 9.91. The van der Waals surface area contributed by atoms with Gasteiger partial charge >= 0.3 is 0 Å². The first-order valence-electron chi connectivity index (χ1n) is 5.44. The highest BCUT2D eigenvalue weighted by Gasteiger charge is 2.06. The van der Waals surface area contributed by atoms with Crippen LogP contribution in [0.4, 0.5) is 15.2 Å². The summed E-state index contributed by atoms with van der Waals surface area (Å²) in [6.07, 6.45) is 0.826. The number of anilines is 2. The number of nitrogens with zero attached hydrogens (tertiary/aromatic N) is 2. The van der Waals surface area contributed by atoms with Crippen molar-refractivity contribution in [1.82, 2.24) is 10.2 Å². The standard InChI is InChI=1S/C11H10ClFN4S2/c1-2-9-16-17-11(19-9)15-10(18)14-6-3-4-8(13)7(12)5-6/h3-5H,2H2,1H3,(H2,14,15,17,18). The number of hydrogen-bond acceptors (Lipinski definition) is 4. The van der Waals surface area contributed by atoms with E-state index in [2.05, 4.69) is 20.8 Å². The Morgan fingerprint density at radius 1 is 1.42 bits per heavy atom. The third kappa shape index (κ3) is 3.82. The number of rotatable bonds is 3. The van der Waals surface area contributed by atoms with E-state index in [1.807, 2.05) is 6.92 Å². The molecule has 0 aliphatic rings. The Balaban J connectivity index is 1.98. The largest absolute Gasteiger partial charge is 0.332 e. The highest BCUT2D eigenvalue weighted by Crippen LogP contribution is 2.20. The van der Waals surface area contributed by atoms with E-state index in [4.69, 9.17) is 23.8 Å². The van der Waals surface area contributed by atoms with Crippen LogP contribution in [0.1, 0.15) is 11.9 Å². The molecule has 0 fully saturated rings. The van der Waals surface area contributed by atoms with Crippen LogP contribution in [0.15, 0.2) is 18.2 Å². The molecule has 1 heterocycles. The van der Waals surface area contributed by atoms with Gasteiger partial charge in [0.2, 0.25) is 5.13 Å². The van der Waals surface area contributed by atoms with Crippen LogP contribution in [-0.2, 0) is 6.42 Å². The topological polar surface area (TPSA) is 49.8 Å². The number of hydrogen-bond donors (Lipinski definition) is 2. The van der Waals surface area contributed by atoms with E-state index in [1.54, 1.807) is 6.07 Å². The highest BCUT2D eigenvalue weighted by molar-refractivity contribution is 7.80. The lowest BCUT2D eigenvalue weighted by atomic mass is 10.3. The van der Waals surface area contributed by atoms with Crippen LogP contribution in [0.2, 0.25) is 5.02 Å². The quantitative estimate of drug-likeness (QED) is 0.846. The normalized spacial score (nSPS) is 10.3. The average molecular weight is 317 g/mol. The van der Waals surface area contributed by atoms with Gasteiger partial charge in [0.1, 0.15) is 10.8 Å². The van der Waals surface area contributed by atoms with Gasteiger partial charge in [0.15, 0.2) is 5.11 Å². The maximum absolute atomic E-state index is 13.0. The Kier molecular flexibility index (Phi) is 4.62. The lowest BCUT2D eigenvalue weighted by molar-refractivity contribution is 0.628. The molecule has 1 aromatic carbocycles. The van der Waals surface area contributed by atoms with Crippen molar-refractivity contribution in [3.05, 3.63) is 34.0 Å². The fourth-order valence-electron chi connectivity index (χ4n) is 1.28. The Morgan fingerprint density at radius 2 is 2.21 bits per heavy atom. The molecule has 100 valence electrons. The number of thiocarbonyl (C=S) groups is 1. The predicted octanol–water partition coefficient (Wildman–Crippen LogP) is 3.70. The van der Waals surface area contributed by atoms with E-state index in [9.17, 15) is 4.39 Å². The third-order valence-electron chi connectivity index (χ3n) is 2.17. The molecular formula is C11H10ClFN4S2. The summed E-state index contributed by atoms with van der Waals surface area (Å²) >= 11 is 12.2. The first kappa shape index (κ1) is 14.1. The molecule has 19 heavy (non-hydrogen) atoms. The van der Waals surface area contributed by atoms with Crippen LogP contribution in [0.25, 0.3) is 0 Å². The van der Waals surface area contributed by atoms with Crippen LogP contribution in [-0.4, -0.2) is 15.3 Å². The lowest BCUT2D eigenvalue weighted by Gasteiger charge is -2.08. The van der Waals surface area contributed by atoms with Crippen molar-refractivity contribution in [1.29, 1.82) is 0 Å². The number of aryl methyl sites for hydroxylation is 1. The minimum Gasteiger partial charge on any atom is -0.332 e. The molecule has 0 bridgehead atoms. The summed E-state index contributed by atoms with van der Waals surface area (Å²) in [6, 6.07) is 4.28. The molecule has 0 unspecified atom stereocenters. The molecule has 0 saturated carbocycles. The average Bonchev–Trinajstić information content (AvgIpc) is 2.81. The van der Waals surface area contributed by atoms with Crippen molar-refractivity contribution >= 4 is 51.1 Å². The molecular weight excluding hydrogens is 307 g/mol. The van der Waals surface area contributed by atoms with Crippen molar-refractivity contribution in [2.75, 3.05) is 10.6 Å². The predicted molar refractivity (Wildman–Crippen MR) is 80.5 cm³/mol. The van der Waals surface area contributed by atoms with Crippen LogP contribution in [0.5, 0.6) is 0 Å². The van der Waals surface area contributed by atoms with Crippen molar-refractivity contribution in [3.63, 3.8) is 0 Å². The summed E-state index contributed by atoms with van der Waals surface area (Å²) in [7, 11) is 0. The Morgan fingerprint density at radius 3 is 2.84 bits per heavy atom. The van der Waals surface area contributed by atoms with Gasteiger partial charge in [-0.2, -0.15) is 0 Å². The number of aromatic nitrogens is 2. The van der Waals surface area contributed by atoms with Gasteiger partial charge < -0.3 is 10.6 Å². The Labute approximate surface area is 124 Å². The third-order valence-corrected chi connectivity index (χ3v) is 3.64. The van der Waals surface area contributed by atoms with Gasteiger partial charge in [0, 0.05) is 5.69 Å². The van der Waals surface area contributed by atoms with Gasteiger partial charge in [-0.25, -0.2) is 4.39 Å². The zero-order chi connectivity index (χ0) is 13.8. The first-order valence-corrected chi connectivity index (χ1v) is 7.04. The second kappa shape index (κ2) is 6.23. The van der Waals surface area contributed by atoms with Gasteiger partial charge in [0.25, 0.3) is 0 Å². The minimum absolute atomic E-state index is 0.0389. The van der Waals surface area contributed by atoms with Crippen molar-refractivity contribution < 1.29 is 4.39 Å². The second-order valence-corrected chi connectivity index (χ2v) is 5.44. The SMILES string of the molecule is CCc1nnc(NC(=S)Nc2ccc(F)c(Cl)c2)s1. The van der Waals surface area contributed by atoms with Crippen LogP contribution in [0.3, 0.4) is 0 Å². The molecule has 2 rings (SSSR count). The molecule has 4 nitrogen and oxygen atoms in total. The summed E-state index contributed by atoms with van der Waals surface area (Å²) in [4.78, 5) is 0. The fraction of sp³-hybridized carbons (Fsp3) is 0.182. The molecule has 0 aliphatic heterocycles. The molecule has 0 radical (unpaired) electrons. The van der Waals surface area contributed by atoms with Crippen LogP contribution >= 0.6 is 35.2 Å². The molecule has 0 amide bonds. The lowest BCUT2D eigenvalue weighted by Crippen LogP contribution is -2.18. The maximum atomic E-state index is 13.0.